The number of unbranched alkanes of at least 4 members (excludes halogenated alkanes) is 1. The molecule has 1 amide bonds. The average molecular weight is 333 g/mol. The van der Waals surface area contributed by atoms with Crippen LogP contribution in [0.3, 0.4) is 0 Å². The predicted molar refractivity (Wildman–Crippen MR) is 78.3 cm³/mol. The maximum atomic E-state index is 12.1. The van der Waals surface area contributed by atoms with Gasteiger partial charge in [0.25, 0.3) is 0 Å². The molecule has 0 saturated carbocycles. The van der Waals surface area contributed by atoms with Gasteiger partial charge in [0.15, 0.2) is 6.61 Å². The summed E-state index contributed by atoms with van der Waals surface area (Å²) in [5.41, 5.74) is 11.1. The maximum absolute atomic E-state index is 12.1. The van der Waals surface area contributed by atoms with E-state index in [0.717, 1.165) is 4.90 Å². The first-order valence-corrected chi connectivity index (χ1v) is 7.11. The fourth-order valence-corrected chi connectivity index (χ4v) is 1.74. The third-order valence-electron chi connectivity index (χ3n) is 2.87. The highest BCUT2D eigenvalue weighted by atomic mass is 16.5. The molecule has 0 aliphatic carbocycles. The Labute approximate surface area is 133 Å². The molecule has 0 aromatic heterocycles. The van der Waals surface area contributed by atoms with Crippen LogP contribution in [-0.4, -0.2) is 71.2 Å². The number of nitrogens with two attached hydrogens (primary N) is 2. The molecule has 0 heterocycles. The molecule has 0 spiro atoms. The molecule has 132 valence electrons. The van der Waals surface area contributed by atoms with Gasteiger partial charge in [-0.05, 0) is 19.4 Å². The molecular formula is C13H23N3O7. The molecule has 0 saturated heterocycles. The molecule has 0 bridgehead atoms. The normalized spacial score (nSPS) is 11.6. The van der Waals surface area contributed by atoms with Crippen molar-refractivity contribution in [3.63, 3.8) is 0 Å². The van der Waals surface area contributed by atoms with Crippen molar-refractivity contribution in [2.24, 2.45) is 11.5 Å². The van der Waals surface area contributed by atoms with E-state index < -0.39 is 43.0 Å². The fourth-order valence-electron chi connectivity index (χ4n) is 1.74. The van der Waals surface area contributed by atoms with E-state index in [0.29, 0.717) is 25.8 Å². The second kappa shape index (κ2) is 11.4. The third-order valence-corrected chi connectivity index (χ3v) is 2.87. The quantitative estimate of drug-likeness (QED) is 0.241. The number of carbonyl (C=O) groups is 4. The van der Waals surface area contributed by atoms with Gasteiger partial charge in [-0.2, -0.15) is 0 Å². The van der Waals surface area contributed by atoms with E-state index in [-0.39, 0.29) is 13.0 Å². The highest BCUT2D eigenvalue weighted by molar-refractivity contribution is 5.85. The van der Waals surface area contributed by atoms with E-state index in [9.17, 15) is 19.2 Å². The van der Waals surface area contributed by atoms with E-state index in [4.69, 9.17) is 21.7 Å². The van der Waals surface area contributed by atoms with E-state index in [2.05, 4.69) is 4.74 Å². The van der Waals surface area contributed by atoms with Gasteiger partial charge in [0.2, 0.25) is 5.91 Å². The average Bonchev–Trinajstić information content (AvgIpc) is 2.48. The van der Waals surface area contributed by atoms with Crippen LogP contribution in [0.25, 0.3) is 0 Å². The monoisotopic (exact) mass is 333 g/mol. The first-order valence-electron chi connectivity index (χ1n) is 7.11. The van der Waals surface area contributed by atoms with Crippen molar-refractivity contribution in [1.29, 1.82) is 0 Å². The van der Waals surface area contributed by atoms with Gasteiger partial charge < -0.3 is 31.3 Å². The molecule has 0 aliphatic rings. The summed E-state index contributed by atoms with van der Waals surface area (Å²) in [6, 6.07) is -0.879. The van der Waals surface area contributed by atoms with Gasteiger partial charge in [-0.1, -0.05) is 6.42 Å². The molecule has 1 atom stereocenters. The molecule has 10 heteroatoms. The van der Waals surface area contributed by atoms with Crippen LogP contribution in [0, 0.1) is 0 Å². The molecule has 6 N–H and O–H groups in total. The number of carboxylic acids is 2. The Morgan fingerprint density at radius 3 is 2.26 bits per heavy atom. The van der Waals surface area contributed by atoms with Gasteiger partial charge >= 0.3 is 17.9 Å². The highest BCUT2D eigenvalue weighted by Gasteiger charge is 2.23. The standard InChI is InChI=1S/C13H23N3O7/c14-5-2-1-3-9(15)13(22)16(7-10(17)18)6-4-12(21)23-8-11(19)20/h9H,1-8,14-15H2,(H,17,18)(H,19,20)/t9-/m0/s1. The summed E-state index contributed by atoms with van der Waals surface area (Å²) in [7, 11) is 0. The van der Waals surface area contributed by atoms with Crippen LogP contribution in [0.2, 0.25) is 0 Å². The summed E-state index contributed by atoms with van der Waals surface area (Å²) in [4.78, 5) is 45.5. The third kappa shape index (κ3) is 10.2. The lowest BCUT2D eigenvalue weighted by atomic mass is 10.1. The lowest BCUT2D eigenvalue weighted by molar-refractivity contribution is -0.156. The number of nitrogens with zero attached hydrogens (tertiary/aromatic N) is 1. The first kappa shape index (κ1) is 20.8. The zero-order valence-electron chi connectivity index (χ0n) is 12.8. The first-order chi connectivity index (χ1) is 10.8. The topological polar surface area (TPSA) is 173 Å². The number of hydrogen-bond donors (Lipinski definition) is 4. The number of carbonyl (C=O) groups excluding carboxylic acids is 2. The fraction of sp³-hybridized carbons (Fsp3) is 0.692. The van der Waals surface area contributed by atoms with Gasteiger partial charge in [-0.3, -0.25) is 14.4 Å². The molecule has 10 nitrogen and oxygen atoms in total. The summed E-state index contributed by atoms with van der Waals surface area (Å²) in [5.74, 6) is -3.98. The summed E-state index contributed by atoms with van der Waals surface area (Å²) in [6.45, 7) is -1.14. The number of amides is 1. The lowest BCUT2D eigenvalue weighted by Gasteiger charge is -2.23. The minimum Gasteiger partial charge on any atom is -0.480 e. The van der Waals surface area contributed by atoms with Crippen molar-refractivity contribution in [1.82, 2.24) is 4.90 Å². The zero-order chi connectivity index (χ0) is 17.8. The smallest absolute Gasteiger partial charge is 0.341 e. The SMILES string of the molecule is NCCCC[C@H](N)C(=O)N(CCC(=O)OCC(=O)O)CC(=O)O. The molecule has 0 aromatic rings. The van der Waals surface area contributed by atoms with E-state index in [1.165, 1.54) is 0 Å². The van der Waals surface area contributed by atoms with Crippen molar-refractivity contribution < 1.29 is 34.1 Å². The summed E-state index contributed by atoms with van der Waals surface area (Å²) >= 11 is 0. The number of hydrogen-bond acceptors (Lipinski definition) is 7. The van der Waals surface area contributed by atoms with Crippen molar-refractivity contribution in [2.45, 2.75) is 31.7 Å². The van der Waals surface area contributed by atoms with Gasteiger partial charge in [-0.15, -0.1) is 0 Å². The Morgan fingerprint density at radius 1 is 1.09 bits per heavy atom. The van der Waals surface area contributed by atoms with Gasteiger partial charge in [0.05, 0.1) is 12.5 Å². The van der Waals surface area contributed by atoms with Crippen LogP contribution >= 0.6 is 0 Å². The second-order valence-electron chi connectivity index (χ2n) is 4.85. The van der Waals surface area contributed by atoms with Crippen LogP contribution in [-0.2, 0) is 23.9 Å². The minimum atomic E-state index is -1.31. The summed E-state index contributed by atoms with van der Waals surface area (Å²) in [6.07, 6.45) is 1.36. The molecule has 0 rings (SSSR count). The van der Waals surface area contributed by atoms with Gasteiger partial charge in [-0.25, -0.2) is 4.79 Å². The molecular weight excluding hydrogens is 310 g/mol. The zero-order valence-corrected chi connectivity index (χ0v) is 12.8. The van der Waals surface area contributed by atoms with Crippen LogP contribution in [0.4, 0.5) is 0 Å². The van der Waals surface area contributed by atoms with Crippen molar-refractivity contribution >= 4 is 23.8 Å². The van der Waals surface area contributed by atoms with E-state index >= 15 is 0 Å². The Hall–Kier alpha value is -2.20. The maximum Gasteiger partial charge on any atom is 0.341 e. The number of rotatable bonds is 12. The Kier molecular flexibility index (Phi) is 10.3. The minimum absolute atomic E-state index is 0.214. The van der Waals surface area contributed by atoms with Gasteiger partial charge in [0.1, 0.15) is 6.54 Å². The van der Waals surface area contributed by atoms with Crippen molar-refractivity contribution in [3.05, 3.63) is 0 Å². The van der Waals surface area contributed by atoms with Gasteiger partial charge in [0, 0.05) is 6.54 Å². The second-order valence-corrected chi connectivity index (χ2v) is 4.85. The summed E-state index contributed by atoms with van der Waals surface area (Å²) < 4.78 is 4.41. The largest absolute Gasteiger partial charge is 0.480 e. The summed E-state index contributed by atoms with van der Waals surface area (Å²) in [5, 5.41) is 17.2. The Balaban J connectivity index is 4.49. The highest BCUT2D eigenvalue weighted by Crippen LogP contribution is 2.04. The molecule has 0 fully saturated rings. The number of carboxylic acid groups (broad SMARTS) is 2. The molecule has 0 radical (unpaired) electrons. The predicted octanol–water partition coefficient (Wildman–Crippen LogP) is -1.63. The number of ether oxygens (including phenoxy) is 1. The number of aliphatic carboxylic acids is 2. The molecule has 0 unspecified atom stereocenters. The number of esters is 1. The van der Waals surface area contributed by atoms with E-state index in [1.54, 1.807) is 0 Å². The van der Waals surface area contributed by atoms with Crippen LogP contribution < -0.4 is 11.5 Å². The molecule has 0 aliphatic heterocycles. The van der Waals surface area contributed by atoms with Crippen molar-refractivity contribution in [2.75, 3.05) is 26.2 Å². The van der Waals surface area contributed by atoms with Crippen LogP contribution in [0.15, 0.2) is 0 Å². The Bertz CT molecular complexity index is 428. The Morgan fingerprint density at radius 2 is 1.74 bits per heavy atom. The lowest BCUT2D eigenvalue weighted by Crippen LogP contribution is -2.46. The molecule has 0 aromatic carbocycles. The van der Waals surface area contributed by atoms with Crippen LogP contribution in [0.1, 0.15) is 25.7 Å². The van der Waals surface area contributed by atoms with Crippen molar-refractivity contribution in [3.8, 4) is 0 Å². The van der Waals surface area contributed by atoms with E-state index in [1.807, 2.05) is 0 Å². The van der Waals surface area contributed by atoms with Crippen LogP contribution in [0.5, 0.6) is 0 Å². The molecule has 23 heavy (non-hydrogen) atoms.